The average Bonchev–Trinajstić information content (AvgIpc) is 3.47. The highest BCUT2D eigenvalue weighted by molar-refractivity contribution is 5.76. The van der Waals surface area contributed by atoms with Crippen LogP contribution in [-0.4, -0.2) is 140 Å². The van der Waals surface area contributed by atoms with Crippen molar-refractivity contribution >= 4 is 5.91 Å². The Hall–Kier alpha value is -2.05. The number of ether oxygens (including phenoxy) is 4. The summed E-state index contributed by atoms with van der Waals surface area (Å²) in [6.45, 7) is 2.70. The molecule has 2 fully saturated rings. The van der Waals surface area contributed by atoms with Gasteiger partial charge in [-0.2, -0.15) is 0 Å². The van der Waals surface area contributed by atoms with Crippen LogP contribution in [0.3, 0.4) is 0 Å². The van der Waals surface area contributed by atoms with Crippen molar-refractivity contribution in [3.05, 3.63) is 48.6 Å². The lowest BCUT2D eigenvalue weighted by molar-refractivity contribution is -0.359. The summed E-state index contributed by atoms with van der Waals surface area (Å²) in [4.78, 5) is 13.2. The molecule has 0 aliphatic carbocycles. The van der Waals surface area contributed by atoms with Crippen LogP contribution in [-0.2, 0) is 23.7 Å². The van der Waals surface area contributed by atoms with E-state index in [9.17, 15) is 45.6 Å². The molecule has 9 N–H and O–H groups in total. The quantitative estimate of drug-likeness (QED) is 0.0204. The fourth-order valence-electron chi connectivity index (χ4n) is 10.9. The van der Waals surface area contributed by atoms with E-state index < -0.39 is 86.8 Å². The minimum Gasteiger partial charge on any atom is -0.394 e. The van der Waals surface area contributed by atoms with Crippen LogP contribution in [0.25, 0.3) is 0 Å². The highest BCUT2D eigenvalue weighted by Crippen LogP contribution is 2.30. The van der Waals surface area contributed by atoms with Crippen molar-refractivity contribution in [3.8, 4) is 0 Å². The third-order valence-corrected chi connectivity index (χ3v) is 16.3. The van der Waals surface area contributed by atoms with E-state index >= 15 is 0 Å². The van der Waals surface area contributed by atoms with Crippen LogP contribution < -0.4 is 5.32 Å². The van der Waals surface area contributed by atoms with Gasteiger partial charge in [-0.3, -0.25) is 4.79 Å². The summed E-state index contributed by atoms with van der Waals surface area (Å²) in [5, 5.41) is 86.6. The fraction of sp³-hybridized carbons (Fsp3) is 0.866. The Kier molecular flexibility index (Phi) is 48.5. The molecule has 12 atom stereocenters. The molecule has 14 heteroatoms. The van der Waals surface area contributed by atoms with Gasteiger partial charge >= 0.3 is 0 Å². The predicted octanol–water partition coefficient (Wildman–Crippen LogP) is 12.7. The maximum absolute atomic E-state index is 13.2. The number of nitrogens with one attached hydrogen (secondary N) is 1. The summed E-state index contributed by atoms with van der Waals surface area (Å²) in [6, 6.07) is -0.909. The number of carbonyl (C=O) groups excluding carboxylic acids is 1. The molecule has 0 aromatic carbocycles. The number of aliphatic hydroxyl groups excluding tert-OH is 8. The third-order valence-electron chi connectivity index (χ3n) is 16.3. The van der Waals surface area contributed by atoms with Gasteiger partial charge in [-0.1, -0.05) is 262 Å². The van der Waals surface area contributed by atoms with E-state index in [1.807, 2.05) is 6.08 Å². The lowest BCUT2D eigenvalue weighted by atomic mass is 9.97. The van der Waals surface area contributed by atoms with E-state index in [0.29, 0.717) is 6.42 Å². The highest BCUT2D eigenvalue weighted by Gasteiger charge is 2.51. The Balaban J connectivity index is 1.46. The number of carbonyl (C=O) groups is 1. The second kappa shape index (κ2) is 52.3. The maximum atomic E-state index is 13.2. The molecule has 1 amide bonds. The first-order valence-corrected chi connectivity index (χ1v) is 33.4. The Morgan fingerprint density at radius 1 is 0.444 bits per heavy atom. The van der Waals surface area contributed by atoms with Gasteiger partial charge < -0.3 is 65.1 Å². The molecule has 12 unspecified atom stereocenters. The first-order chi connectivity index (χ1) is 39.6. The molecular weight excluding hydrogens is 1030 g/mol. The Morgan fingerprint density at radius 3 is 1.26 bits per heavy atom. The molecule has 0 radical (unpaired) electrons. The van der Waals surface area contributed by atoms with Crippen molar-refractivity contribution < 1.29 is 64.6 Å². The van der Waals surface area contributed by atoms with Gasteiger partial charge in [0.2, 0.25) is 5.91 Å². The molecule has 474 valence electrons. The van der Waals surface area contributed by atoms with Gasteiger partial charge in [-0.15, -0.1) is 0 Å². The number of aliphatic hydroxyl groups is 8. The van der Waals surface area contributed by atoms with Gasteiger partial charge in [0.15, 0.2) is 12.6 Å². The molecule has 2 heterocycles. The van der Waals surface area contributed by atoms with Crippen LogP contribution in [0, 0.1) is 0 Å². The number of rotatable bonds is 54. The molecule has 2 saturated heterocycles. The minimum atomic E-state index is -1.79. The zero-order chi connectivity index (χ0) is 58.8. The minimum absolute atomic E-state index is 0.241. The van der Waals surface area contributed by atoms with Crippen molar-refractivity contribution in [1.29, 1.82) is 0 Å². The standard InChI is InChI=1S/C67H123NO13/c1-3-5-7-9-11-12-13-14-15-16-17-18-19-20-21-22-23-24-25-26-27-28-29-30-31-32-33-34-35-36-37-38-39-40-41-42-43-44-45-47-49-51-59(72)68-55(56(71)50-48-46-10-8-6-4-2)54-78-66-64(77)62(75)65(58(53-70)80-66)81-67-63(76)61(74)60(73)57(52-69)79-67/h13-14,16-17,19-20,48,50,55-58,60-67,69-71,73-77H,3-12,15,18,21-47,49,51-54H2,1-2H3,(H,68,72)/b14-13-,17-16-,20-19-,50-48+. The number of hydrogen-bond donors (Lipinski definition) is 9. The predicted molar refractivity (Wildman–Crippen MR) is 327 cm³/mol. The van der Waals surface area contributed by atoms with Gasteiger partial charge in [0.1, 0.15) is 48.8 Å². The molecule has 14 nitrogen and oxygen atoms in total. The summed E-state index contributed by atoms with van der Waals surface area (Å²) < 4.78 is 22.6. The van der Waals surface area contributed by atoms with Gasteiger partial charge in [0.25, 0.3) is 0 Å². The number of hydrogen-bond acceptors (Lipinski definition) is 13. The van der Waals surface area contributed by atoms with Crippen molar-refractivity contribution in [2.75, 3.05) is 19.8 Å². The van der Waals surface area contributed by atoms with E-state index in [4.69, 9.17) is 18.9 Å². The van der Waals surface area contributed by atoms with Crippen LogP contribution in [0.15, 0.2) is 48.6 Å². The first-order valence-electron chi connectivity index (χ1n) is 33.4. The molecule has 0 aromatic rings. The molecule has 2 aliphatic rings. The van der Waals surface area contributed by atoms with Crippen LogP contribution in [0.2, 0.25) is 0 Å². The summed E-state index contributed by atoms with van der Waals surface area (Å²) >= 11 is 0. The van der Waals surface area contributed by atoms with Gasteiger partial charge in [-0.25, -0.2) is 0 Å². The van der Waals surface area contributed by atoms with E-state index in [1.165, 1.54) is 186 Å². The van der Waals surface area contributed by atoms with Crippen LogP contribution in [0.1, 0.15) is 277 Å². The lowest BCUT2D eigenvalue weighted by Crippen LogP contribution is -2.65. The number of allylic oxidation sites excluding steroid dienone is 7. The normalized spacial score (nSPS) is 24.4. The zero-order valence-corrected chi connectivity index (χ0v) is 51.3. The second-order valence-electron chi connectivity index (χ2n) is 23.6. The van der Waals surface area contributed by atoms with Gasteiger partial charge in [0, 0.05) is 6.42 Å². The van der Waals surface area contributed by atoms with E-state index in [0.717, 1.165) is 64.2 Å². The van der Waals surface area contributed by atoms with E-state index in [-0.39, 0.29) is 18.9 Å². The smallest absolute Gasteiger partial charge is 0.220 e. The monoisotopic (exact) mass is 1150 g/mol. The third kappa shape index (κ3) is 37.2. The maximum Gasteiger partial charge on any atom is 0.220 e. The summed E-state index contributed by atoms with van der Waals surface area (Å²) in [5.74, 6) is -0.241. The molecule has 0 spiro atoms. The Bertz CT molecular complexity index is 1540. The van der Waals surface area contributed by atoms with E-state index in [2.05, 4.69) is 55.6 Å². The molecule has 2 rings (SSSR count). The lowest BCUT2D eigenvalue weighted by Gasteiger charge is -2.46. The molecule has 0 aromatic heterocycles. The molecular formula is C67H123NO13. The molecule has 2 aliphatic heterocycles. The van der Waals surface area contributed by atoms with Gasteiger partial charge in [0.05, 0.1) is 32.0 Å². The molecule has 0 saturated carbocycles. The summed E-state index contributed by atoms with van der Waals surface area (Å²) in [6.07, 6.45) is 51.2. The highest BCUT2D eigenvalue weighted by atomic mass is 16.7. The SMILES string of the molecule is CCCCCC/C=C/C(O)C(COC1OC(CO)C(OC2OC(CO)C(O)C(O)C2O)C(O)C1O)NC(=O)CCCCCCCCCCCCCCCCCCCCCCCCCCCC/C=C\C/C=C\C/C=C\CCCCCCC. The molecule has 0 bridgehead atoms. The second-order valence-corrected chi connectivity index (χ2v) is 23.6. The topological polar surface area (TPSA) is 228 Å². The Morgan fingerprint density at radius 2 is 0.815 bits per heavy atom. The first kappa shape index (κ1) is 75.0. The van der Waals surface area contributed by atoms with E-state index in [1.54, 1.807) is 6.08 Å². The zero-order valence-electron chi connectivity index (χ0n) is 51.3. The number of amides is 1. The van der Waals surface area contributed by atoms with Crippen molar-refractivity contribution in [2.45, 2.75) is 351 Å². The van der Waals surface area contributed by atoms with Crippen molar-refractivity contribution in [2.24, 2.45) is 0 Å². The van der Waals surface area contributed by atoms with Crippen molar-refractivity contribution in [3.63, 3.8) is 0 Å². The fourth-order valence-corrected chi connectivity index (χ4v) is 10.9. The largest absolute Gasteiger partial charge is 0.394 e. The van der Waals surface area contributed by atoms with Crippen LogP contribution >= 0.6 is 0 Å². The van der Waals surface area contributed by atoms with Crippen LogP contribution in [0.5, 0.6) is 0 Å². The average molecular weight is 1150 g/mol. The summed E-state index contributed by atoms with van der Waals surface area (Å²) in [7, 11) is 0. The summed E-state index contributed by atoms with van der Waals surface area (Å²) in [5.41, 5.74) is 0. The van der Waals surface area contributed by atoms with Crippen LogP contribution in [0.4, 0.5) is 0 Å². The number of unbranched alkanes of at least 4 members (excludes halogenated alkanes) is 35. The Labute approximate surface area is 493 Å². The van der Waals surface area contributed by atoms with Crippen molar-refractivity contribution in [1.82, 2.24) is 5.32 Å². The van der Waals surface area contributed by atoms with Gasteiger partial charge in [-0.05, 0) is 57.8 Å². The molecule has 81 heavy (non-hydrogen) atoms.